The monoisotopic (exact) mass is 410 g/mol. The zero-order valence-corrected chi connectivity index (χ0v) is 16.9. The van der Waals surface area contributed by atoms with Gasteiger partial charge >= 0.3 is 0 Å². The van der Waals surface area contributed by atoms with E-state index in [0.717, 1.165) is 5.56 Å². The van der Waals surface area contributed by atoms with Gasteiger partial charge in [0.25, 0.3) is 0 Å². The van der Waals surface area contributed by atoms with Crippen LogP contribution in [0.15, 0.2) is 65.7 Å². The van der Waals surface area contributed by atoms with Crippen LogP contribution in [0.2, 0.25) is 0 Å². The average molecular weight is 410 g/mol. The number of phenols is 1. The standard InChI is InChI=1S/C22H22N2O4S/c1-16(25)22(17-6-3-2-4-7-17)11-14-24(15-12-22)29(27,28)20-10-9-19(26)21-18(20)8-5-13-23-21/h2-10,13,26H,11-12,14-15H2,1H3. The van der Waals surface area contributed by atoms with E-state index in [-0.39, 0.29) is 35.0 Å². The highest BCUT2D eigenvalue weighted by atomic mass is 32.2. The molecule has 4 rings (SSSR count). The number of benzene rings is 2. The van der Waals surface area contributed by atoms with Gasteiger partial charge in [0.1, 0.15) is 17.0 Å². The number of fused-ring (bicyclic) bond motifs is 1. The molecule has 2 heterocycles. The highest BCUT2D eigenvalue weighted by Crippen LogP contribution is 2.39. The van der Waals surface area contributed by atoms with Crippen molar-refractivity contribution >= 4 is 26.7 Å². The van der Waals surface area contributed by atoms with Crippen molar-refractivity contribution in [2.24, 2.45) is 0 Å². The minimum atomic E-state index is -3.79. The Morgan fingerprint density at radius 3 is 2.38 bits per heavy atom. The van der Waals surface area contributed by atoms with E-state index in [1.54, 1.807) is 19.1 Å². The van der Waals surface area contributed by atoms with Crippen LogP contribution in [0, 0.1) is 0 Å². The fourth-order valence-corrected chi connectivity index (χ4v) is 5.83. The van der Waals surface area contributed by atoms with Gasteiger partial charge in [-0.15, -0.1) is 0 Å². The summed E-state index contributed by atoms with van der Waals surface area (Å²) in [6, 6.07) is 15.6. The van der Waals surface area contributed by atoms with Crippen LogP contribution in [-0.4, -0.2) is 41.7 Å². The smallest absolute Gasteiger partial charge is 0.243 e. The number of sulfonamides is 1. The first-order chi connectivity index (χ1) is 13.9. The van der Waals surface area contributed by atoms with E-state index in [2.05, 4.69) is 4.98 Å². The molecule has 1 aromatic heterocycles. The Morgan fingerprint density at radius 1 is 1.03 bits per heavy atom. The molecule has 1 saturated heterocycles. The number of phenolic OH excluding ortho intramolecular Hbond substituents is 1. The molecule has 0 aliphatic carbocycles. The van der Waals surface area contributed by atoms with Gasteiger partial charge in [0.15, 0.2) is 0 Å². The minimum Gasteiger partial charge on any atom is -0.506 e. The molecule has 2 aromatic carbocycles. The molecule has 7 heteroatoms. The first kappa shape index (κ1) is 19.5. The molecule has 3 aromatic rings. The molecule has 0 unspecified atom stereocenters. The van der Waals surface area contributed by atoms with Gasteiger partial charge in [0, 0.05) is 24.7 Å². The minimum absolute atomic E-state index is 0.0556. The second-order valence-electron chi connectivity index (χ2n) is 7.39. The average Bonchev–Trinajstić information content (AvgIpc) is 2.74. The molecule has 0 radical (unpaired) electrons. The molecule has 150 valence electrons. The van der Waals surface area contributed by atoms with Crippen molar-refractivity contribution in [3.8, 4) is 5.75 Å². The zero-order chi connectivity index (χ0) is 20.6. The third kappa shape index (κ3) is 3.20. The molecule has 6 nitrogen and oxygen atoms in total. The molecule has 1 N–H and O–H groups in total. The molecule has 1 aliphatic heterocycles. The quantitative estimate of drug-likeness (QED) is 0.713. The van der Waals surface area contributed by atoms with E-state index in [1.807, 2.05) is 30.3 Å². The molecule has 0 bridgehead atoms. The zero-order valence-electron chi connectivity index (χ0n) is 16.1. The summed E-state index contributed by atoms with van der Waals surface area (Å²) < 4.78 is 28.1. The number of hydrogen-bond acceptors (Lipinski definition) is 5. The third-order valence-corrected chi connectivity index (χ3v) is 7.86. The van der Waals surface area contributed by atoms with Gasteiger partial charge in [0.05, 0.1) is 10.3 Å². The number of aromatic nitrogens is 1. The summed E-state index contributed by atoms with van der Waals surface area (Å²) in [6.45, 7) is 2.08. The Hall–Kier alpha value is -2.77. The molecule has 1 aliphatic rings. The number of nitrogens with zero attached hydrogens (tertiary/aromatic N) is 2. The lowest BCUT2D eigenvalue weighted by Crippen LogP contribution is -2.48. The summed E-state index contributed by atoms with van der Waals surface area (Å²) in [6.07, 6.45) is 2.38. The Morgan fingerprint density at radius 2 is 1.72 bits per heavy atom. The van der Waals surface area contributed by atoms with Gasteiger partial charge in [0.2, 0.25) is 10.0 Å². The van der Waals surface area contributed by atoms with Crippen LogP contribution in [0.5, 0.6) is 5.75 Å². The SMILES string of the molecule is CC(=O)C1(c2ccccc2)CCN(S(=O)(=O)c2ccc(O)c3ncccc23)CC1. The Labute approximate surface area is 169 Å². The Kier molecular flexibility index (Phi) is 4.88. The van der Waals surface area contributed by atoms with Crippen LogP contribution < -0.4 is 0 Å². The predicted octanol–water partition coefficient (Wildman–Crippen LogP) is 3.25. The van der Waals surface area contributed by atoms with E-state index in [0.29, 0.717) is 18.2 Å². The van der Waals surface area contributed by atoms with E-state index in [9.17, 15) is 18.3 Å². The summed E-state index contributed by atoms with van der Waals surface area (Å²) in [5.74, 6) is -0.00194. The second-order valence-corrected chi connectivity index (χ2v) is 9.30. The van der Waals surface area contributed by atoms with E-state index in [1.165, 1.54) is 22.6 Å². The van der Waals surface area contributed by atoms with Gasteiger partial charge in [-0.05, 0) is 49.6 Å². The van der Waals surface area contributed by atoms with Crippen molar-refractivity contribution in [2.45, 2.75) is 30.1 Å². The van der Waals surface area contributed by atoms with Gasteiger partial charge in [-0.25, -0.2) is 8.42 Å². The number of aromatic hydroxyl groups is 1. The van der Waals surface area contributed by atoms with Crippen molar-refractivity contribution < 1.29 is 18.3 Å². The largest absolute Gasteiger partial charge is 0.506 e. The summed E-state index contributed by atoms with van der Waals surface area (Å²) in [7, 11) is -3.79. The summed E-state index contributed by atoms with van der Waals surface area (Å²) in [4.78, 5) is 16.8. The predicted molar refractivity (Wildman–Crippen MR) is 110 cm³/mol. The highest BCUT2D eigenvalue weighted by molar-refractivity contribution is 7.89. The van der Waals surface area contributed by atoms with Crippen LogP contribution in [0.1, 0.15) is 25.3 Å². The molecule has 0 spiro atoms. The van der Waals surface area contributed by atoms with Crippen molar-refractivity contribution in [3.63, 3.8) is 0 Å². The lowest BCUT2D eigenvalue weighted by molar-refractivity contribution is -0.123. The Bertz CT molecular complexity index is 1170. The van der Waals surface area contributed by atoms with Crippen LogP contribution in [0.25, 0.3) is 10.9 Å². The first-order valence-corrected chi connectivity index (χ1v) is 10.9. The molecular weight excluding hydrogens is 388 g/mol. The van der Waals surface area contributed by atoms with Gasteiger partial charge in [-0.2, -0.15) is 4.31 Å². The fraction of sp³-hybridized carbons (Fsp3) is 0.273. The fourth-order valence-electron chi connectivity index (χ4n) is 4.21. The molecule has 0 saturated carbocycles. The van der Waals surface area contributed by atoms with Crippen LogP contribution >= 0.6 is 0 Å². The third-order valence-electron chi connectivity index (χ3n) is 5.90. The molecule has 0 atom stereocenters. The van der Waals surface area contributed by atoms with Crippen LogP contribution in [0.4, 0.5) is 0 Å². The van der Waals surface area contributed by atoms with E-state index in [4.69, 9.17) is 0 Å². The Balaban J connectivity index is 1.68. The van der Waals surface area contributed by atoms with Crippen molar-refractivity contribution in [1.82, 2.24) is 9.29 Å². The molecular formula is C22H22N2O4S. The summed E-state index contributed by atoms with van der Waals surface area (Å²) in [5.41, 5.74) is 0.531. The van der Waals surface area contributed by atoms with Crippen LogP contribution in [0.3, 0.4) is 0 Å². The van der Waals surface area contributed by atoms with Gasteiger partial charge < -0.3 is 5.11 Å². The first-order valence-electron chi connectivity index (χ1n) is 9.50. The molecule has 1 fully saturated rings. The molecule has 29 heavy (non-hydrogen) atoms. The molecule has 0 amide bonds. The summed E-state index contributed by atoms with van der Waals surface area (Å²) >= 11 is 0. The highest BCUT2D eigenvalue weighted by Gasteiger charge is 2.43. The number of piperidine rings is 1. The lowest BCUT2D eigenvalue weighted by atomic mass is 9.70. The maximum absolute atomic E-state index is 13.4. The summed E-state index contributed by atoms with van der Waals surface area (Å²) in [5, 5.41) is 10.4. The number of hydrogen-bond donors (Lipinski definition) is 1. The number of pyridine rings is 1. The normalized spacial score (nSPS) is 17.3. The lowest BCUT2D eigenvalue weighted by Gasteiger charge is -2.40. The van der Waals surface area contributed by atoms with Gasteiger partial charge in [-0.1, -0.05) is 30.3 Å². The number of ketones is 1. The topological polar surface area (TPSA) is 87.6 Å². The van der Waals surface area contributed by atoms with Crippen molar-refractivity contribution in [3.05, 3.63) is 66.4 Å². The van der Waals surface area contributed by atoms with Crippen molar-refractivity contribution in [2.75, 3.05) is 13.1 Å². The number of rotatable bonds is 4. The maximum atomic E-state index is 13.4. The number of Topliss-reactive ketones (excluding diaryl/α,β-unsaturated/α-hetero) is 1. The van der Waals surface area contributed by atoms with Crippen molar-refractivity contribution in [1.29, 1.82) is 0 Å². The van der Waals surface area contributed by atoms with Crippen LogP contribution in [-0.2, 0) is 20.2 Å². The second kappa shape index (κ2) is 7.24. The van der Waals surface area contributed by atoms with E-state index < -0.39 is 15.4 Å². The maximum Gasteiger partial charge on any atom is 0.243 e. The number of carbonyl (C=O) groups excluding carboxylic acids is 1. The van der Waals surface area contributed by atoms with E-state index >= 15 is 0 Å². The number of carbonyl (C=O) groups is 1. The van der Waals surface area contributed by atoms with Gasteiger partial charge in [-0.3, -0.25) is 9.78 Å².